The Morgan fingerprint density at radius 3 is 2.85 bits per heavy atom. The van der Waals surface area contributed by atoms with Crippen LogP contribution in [0.5, 0.6) is 5.75 Å². The molecule has 0 radical (unpaired) electrons. The zero-order valence-electron chi connectivity index (χ0n) is 11.8. The van der Waals surface area contributed by atoms with E-state index in [2.05, 4.69) is 4.90 Å². The first-order chi connectivity index (χ1) is 9.63. The van der Waals surface area contributed by atoms with Crippen LogP contribution >= 0.6 is 11.6 Å². The maximum absolute atomic E-state index is 11.4. The smallest absolute Gasteiger partial charge is 0.133 e. The van der Waals surface area contributed by atoms with E-state index in [4.69, 9.17) is 16.3 Å². The van der Waals surface area contributed by atoms with Gasteiger partial charge in [-0.15, -0.1) is 0 Å². The number of Topliss-reactive ketones (excluding diaryl/α,β-unsaturated/α-hetero) is 1. The molecule has 2 aliphatic rings. The highest BCUT2D eigenvalue weighted by Gasteiger charge is 2.24. The van der Waals surface area contributed by atoms with Crippen LogP contribution in [0, 0.1) is 5.92 Å². The average molecular weight is 294 g/mol. The molecule has 0 amide bonds. The van der Waals surface area contributed by atoms with E-state index in [0.717, 1.165) is 56.3 Å². The first-order valence-electron chi connectivity index (χ1n) is 7.30. The molecule has 0 atom stereocenters. The first-order valence-corrected chi connectivity index (χ1v) is 7.68. The molecule has 0 saturated carbocycles. The number of likely N-dealkylation sites (tertiary alicyclic amines) is 1. The number of hydrogen-bond acceptors (Lipinski definition) is 3. The third kappa shape index (κ3) is 2.84. The summed E-state index contributed by atoms with van der Waals surface area (Å²) in [7, 11) is 0. The molecule has 2 heterocycles. The lowest BCUT2D eigenvalue weighted by Crippen LogP contribution is -2.35. The summed E-state index contributed by atoms with van der Waals surface area (Å²) in [4.78, 5) is 13.8. The SMILES string of the molecule is CC(=O)C1CCN(Cc2cc(Cl)cc3c2OCC3)CC1. The fourth-order valence-electron chi connectivity index (χ4n) is 3.20. The number of hydrogen-bond donors (Lipinski definition) is 0. The molecule has 3 rings (SSSR count). The number of benzene rings is 1. The Bertz CT molecular complexity index is 521. The van der Waals surface area contributed by atoms with Crippen LogP contribution in [0.25, 0.3) is 0 Å². The van der Waals surface area contributed by atoms with Crippen molar-refractivity contribution >= 4 is 17.4 Å². The molecule has 3 nitrogen and oxygen atoms in total. The number of carbonyl (C=O) groups excluding carboxylic acids is 1. The Hall–Kier alpha value is -1.06. The minimum absolute atomic E-state index is 0.257. The topological polar surface area (TPSA) is 29.5 Å². The molecule has 1 saturated heterocycles. The lowest BCUT2D eigenvalue weighted by atomic mass is 9.93. The molecule has 0 aromatic heterocycles. The molecule has 4 heteroatoms. The molecule has 0 bridgehead atoms. The molecule has 0 spiro atoms. The van der Waals surface area contributed by atoms with Crippen LogP contribution in [0.1, 0.15) is 30.9 Å². The van der Waals surface area contributed by atoms with E-state index in [0.29, 0.717) is 5.78 Å². The number of ketones is 1. The molecule has 20 heavy (non-hydrogen) atoms. The van der Waals surface area contributed by atoms with Crippen molar-refractivity contribution in [1.29, 1.82) is 0 Å². The molecular weight excluding hydrogens is 274 g/mol. The summed E-state index contributed by atoms with van der Waals surface area (Å²) >= 11 is 6.19. The van der Waals surface area contributed by atoms with Gasteiger partial charge in [-0.25, -0.2) is 0 Å². The predicted octanol–water partition coefficient (Wildman–Crippen LogP) is 3.08. The molecular formula is C16H20ClNO2. The normalized spacial score (nSPS) is 19.7. The van der Waals surface area contributed by atoms with Crippen molar-refractivity contribution in [3.05, 3.63) is 28.3 Å². The number of piperidine rings is 1. The maximum atomic E-state index is 11.4. The van der Waals surface area contributed by atoms with Gasteiger partial charge in [0.15, 0.2) is 0 Å². The van der Waals surface area contributed by atoms with E-state index in [-0.39, 0.29) is 5.92 Å². The van der Waals surface area contributed by atoms with Crippen molar-refractivity contribution in [2.45, 2.75) is 32.7 Å². The summed E-state index contributed by atoms with van der Waals surface area (Å²) in [6.07, 6.45) is 2.90. The molecule has 0 N–H and O–H groups in total. The monoisotopic (exact) mass is 293 g/mol. The number of ether oxygens (including phenoxy) is 1. The van der Waals surface area contributed by atoms with Gasteiger partial charge in [0.1, 0.15) is 11.5 Å². The predicted molar refractivity (Wildman–Crippen MR) is 79.3 cm³/mol. The quantitative estimate of drug-likeness (QED) is 0.858. The highest BCUT2D eigenvalue weighted by atomic mass is 35.5. The van der Waals surface area contributed by atoms with Crippen LogP contribution in [-0.4, -0.2) is 30.4 Å². The van der Waals surface area contributed by atoms with Gasteiger partial charge in [0.2, 0.25) is 0 Å². The summed E-state index contributed by atoms with van der Waals surface area (Å²) in [6.45, 7) is 5.29. The second-order valence-electron chi connectivity index (χ2n) is 5.81. The number of fused-ring (bicyclic) bond motifs is 1. The number of halogens is 1. The molecule has 1 aromatic rings. The Morgan fingerprint density at radius 2 is 2.15 bits per heavy atom. The molecule has 0 aliphatic carbocycles. The molecule has 2 aliphatic heterocycles. The van der Waals surface area contributed by atoms with E-state index in [9.17, 15) is 4.79 Å². The van der Waals surface area contributed by atoms with Crippen LogP contribution in [-0.2, 0) is 17.8 Å². The molecule has 1 fully saturated rings. The summed E-state index contributed by atoms with van der Waals surface area (Å²) in [5.74, 6) is 1.62. The number of carbonyl (C=O) groups is 1. The van der Waals surface area contributed by atoms with Gasteiger partial charge in [0.05, 0.1) is 6.61 Å². The van der Waals surface area contributed by atoms with Crippen molar-refractivity contribution in [1.82, 2.24) is 4.90 Å². The molecule has 108 valence electrons. The average Bonchev–Trinajstić information content (AvgIpc) is 2.87. The minimum Gasteiger partial charge on any atom is -0.493 e. The van der Waals surface area contributed by atoms with Crippen molar-refractivity contribution in [3.8, 4) is 5.75 Å². The van der Waals surface area contributed by atoms with E-state index >= 15 is 0 Å². The van der Waals surface area contributed by atoms with Crippen molar-refractivity contribution in [3.63, 3.8) is 0 Å². The van der Waals surface area contributed by atoms with Crippen molar-refractivity contribution < 1.29 is 9.53 Å². The Kier molecular flexibility index (Phi) is 3.99. The van der Waals surface area contributed by atoms with Gasteiger partial charge < -0.3 is 4.74 Å². The summed E-state index contributed by atoms with van der Waals surface area (Å²) in [5, 5.41) is 0.794. The third-order valence-electron chi connectivity index (χ3n) is 4.38. The van der Waals surface area contributed by atoms with Gasteiger partial charge in [-0.3, -0.25) is 9.69 Å². The van der Waals surface area contributed by atoms with Gasteiger partial charge in [0, 0.05) is 29.5 Å². The standard InChI is InChI=1S/C16H20ClNO2/c1-11(19)12-2-5-18(6-3-12)10-14-9-15(17)8-13-4-7-20-16(13)14/h8-9,12H,2-7,10H2,1H3. The van der Waals surface area contributed by atoms with Gasteiger partial charge in [-0.05, 0) is 50.6 Å². The number of nitrogens with zero attached hydrogens (tertiary/aromatic N) is 1. The lowest BCUT2D eigenvalue weighted by molar-refractivity contribution is -0.122. The Labute approximate surface area is 124 Å². The van der Waals surface area contributed by atoms with E-state index in [1.165, 1.54) is 11.1 Å². The second-order valence-corrected chi connectivity index (χ2v) is 6.25. The van der Waals surface area contributed by atoms with Crippen molar-refractivity contribution in [2.75, 3.05) is 19.7 Å². The molecule has 1 aromatic carbocycles. The van der Waals surface area contributed by atoms with Gasteiger partial charge in [-0.2, -0.15) is 0 Å². The summed E-state index contributed by atoms with van der Waals surface area (Å²) in [6, 6.07) is 4.03. The highest BCUT2D eigenvalue weighted by Crippen LogP contribution is 2.34. The van der Waals surface area contributed by atoms with Crippen LogP contribution in [0.2, 0.25) is 5.02 Å². The molecule has 0 unspecified atom stereocenters. The van der Waals surface area contributed by atoms with E-state index in [1.807, 2.05) is 12.1 Å². The van der Waals surface area contributed by atoms with Crippen LogP contribution in [0.15, 0.2) is 12.1 Å². The minimum atomic E-state index is 0.257. The Balaban J connectivity index is 1.69. The van der Waals surface area contributed by atoms with Gasteiger partial charge in [-0.1, -0.05) is 11.6 Å². The van der Waals surface area contributed by atoms with E-state index < -0.39 is 0 Å². The zero-order chi connectivity index (χ0) is 14.1. The largest absolute Gasteiger partial charge is 0.493 e. The highest BCUT2D eigenvalue weighted by molar-refractivity contribution is 6.30. The van der Waals surface area contributed by atoms with Gasteiger partial charge in [0.25, 0.3) is 0 Å². The summed E-state index contributed by atoms with van der Waals surface area (Å²) in [5.41, 5.74) is 2.41. The van der Waals surface area contributed by atoms with Crippen LogP contribution in [0.4, 0.5) is 0 Å². The zero-order valence-corrected chi connectivity index (χ0v) is 12.6. The van der Waals surface area contributed by atoms with Gasteiger partial charge >= 0.3 is 0 Å². The second kappa shape index (κ2) is 5.74. The Morgan fingerprint density at radius 1 is 1.40 bits per heavy atom. The van der Waals surface area contributed by atoms with Crippen LogP contribution in [0.3, 0.4) is 0 Å². The number of rotatable bonds is 3. The summed E-state index contributed by atoms with van der Waals surface area (Å²) < 4.78 is 5.75. The lowest BCUT2D eigenvalue weighted by Gasteiger charge is -2.31. The van der Waals surface area contributed by atoms with Crippen LogP contribution < -0.4 is 4.74 Å². The van der Waals surface area contributed by atoms with E-state index in [1.54, 1.807) is 6.92 Å². The third-order valence-corrected chi connectivity index (χ3v) is 4.60. The maximum Gasteiger partial charge on any atom is 0.133 e. The fourth-order valence-corrected chi connectivity index (χ4v) is 3.47. The first kappa shape index (κ1) is 13.9. The fraction of sp³-hybridized carbons (Fsp3) is 0.562. The van der Waals surface area contributed by atoms with Crippen molar-refractivity contribution in [2.24, 2.45) is 5.92 Å².